The van der Waals surface area contributed by atoms with E-state index in [2.05, 4.69) is 10.00 Å². The number of halogens is 2. The topological polar surface area (TPSA) is 75.4 Å². The number of aliphatic carboxylic acids is 1. The lowest BCUT2D eigenvalue weighted by Gasteiger charge is -2.37. The zero-order valence-corrected chi connectivity index (χ0v) is 19.3. The van der Waals surface area contributed by atoms with Crippen LogP contribution in [0, 0.1) is 11.7 Å². The number of hydrogen-bond acceptors (Lipinski definition) is 5. The van der Waals surface area contributed by atoms with Gasteiger partial charge in [0.05, 0.1) is 24.7 Å². The summed E-state index contributed by atoms with van der Waals surface area (Å²) in [6, 6.07) is 7.78. The summed E-state index contributed by atoms with van der Waals surface area (Å²) in [6.45, 7) is 1.48. The summed E-state index contributed by atoms with van der Waals surface area (Å²) in [7, 11) is 0. The van der Waals surface area contributed by atoms with Gasteiger partial charge < -0.3 is 5.11 Å². The Hall–Kier alpha value is -2.16. The Morgan fingerprint density at radius 1 is 1.25 bits per heavy atom. The van der Waals surface area contributed by atoms with Gasteiger partial charge in [-0.3, -0.25) is 19.2 Å². The monoisotopic (exact) mass is 479 g/mol. The maximum Gasteiger partial charge on any atom is 0.305 e. The molecule has 0 radical (unpaired) electrons. The molecule has 2 atom stereocenters. The molecule has 4 rings (SSSR count). The third-order valence-corrected chi connectivity index (χ3v) is 6.46. The molecule has 0 amide bonds. The van der Waals surface area contributed by atoms with E-state index in [0.717, 1.165) is 30.5 Å². The zero-order valence-electron chi connectivity index (χ0n) is 17.6. The molecule has 1 aromatic heterocycles. The lowest BCUT2D eigenvalue weighted by molar-refractivity contribution is -0.137. The van der Waals surface area contributed by atoms with Crippen LogP contribution >= 0.6 is 25.0 Å². The van der Waals surface area contributed by atoms with Gasteiger partial charge in [-0.05, 0) is 43.0 Å². The molecule has 1 aliphatic heterocycles. The molecule has 6 nitrogen and oxygen atoms in total. The zero-order chi connectivity index (χ0) is 22.0. The first-order chi connectivity index (χ1) is 14.9. The van der Waals surface area contributed by atoms with Crippen LogP contribution in [0.3, 0.4) is 0 Å². The minimum atomic E-state index is -0.867. The molecule has 2 fully saturated rings. The van der Waals surface area contributed by atoms with Crippen molar-refractivity contribution in [3.05, 3.63) is 59.2 Å². The van der Waals surface area contributed by atoms with E-state index in [1.807, 2.05) is 12.1 Å². The van der Waals surface area contributed by atoms with Crippen LogP contribution in [-0.2, 0) is 16.1 Å². The number of benzene rings is 1. The Bertz CT molecular complexity index is 1010. The number of carboxylic acid groups (broad SMARTS) is 1. The molecule has 2 aliphatic rings. The van der Waals surface area contributed by atoms with Crippen molar-refractivity contribution in [1.82, 2.24) is 14.7 Å². The maximum absolute atomic E-state index is 14.6. The van der Waals surface area contributed by atoms with E-state index in [4.69, 9.17) is 17.7 Å². The molecule has 0 spiro atoms. The fourth-order valence-corrected chi connectivity index (χ4v) is 4.32. The van der Waals surface area contributed by atoms with Crippen molar-refractivity contribution in [2.45, 2.75) is 43.5 Å². The molecule has 1 N–H and O–H groups in total. The molecule has 172 valence electrons. The first-order valence-corrected chi connectivity index (χ1v) is 11.1. The highest BCUT2D eigenvalue weighted by Crippen LogP contribution is 2.39. The molecule has 1 aromatic carbocycles. The first-order valence-electron chi connectivity index (χ1n) is 10.6. The number of nitrogens with zero attached hydrogens (tertiary/aromatic N) is 3. The lowest BCUT2D eigenvalue weighted by Crippen LogP contribution is -2.42. The number of thiol groups is 1. The lowest BCUT2D eigenvalue weighted by atomic mass is 9.93. The predicted molar refractivity (Wildman–Crippen MR) is 126 cm³/mol. The van der Waals surface area contributed by atoms with Gasteiger partial charge in [-0.2, -0.15) is 17.7 Å². The summed E-state index contributed by atoms with van der Waals surface area (Å²) in [4.78, 5) is 25.9. The van der Waals surface area contributed by atoms with Gasteiger partial charge in [0.15, 0.2) is 5.78 Å². The summed E-state index contributed by atoms with van der Waals surface area (Å²) < 4.78 is 16.2. The van der Waals surface area contributed by atoms with Crippen LogP contribution in [0.15, 0.2) is 42.1 Å². The van der Waals surface area contributed by atoms with Crippen molar-refractivity contribution in [2.24, 2.45) is 5.92 Å². The van der Waals surface area contributed by atoms with Crippen molar-refractivity contribution in [3.63, 3.8) is 0 Å². The third-order valence-electron chi connectivity index (χ3n) is 5.87. The second-order valence-electron chi connectivity index (χ2n) is 8.24. The highest BCUT2D eigenvalue weighted by Gasteiger charge is 2.40. The summed E-state index contributed by atoms with van der Waals surface area (Å²) in [5.74, 6) is -1.10. The second kappa shape index (κ2) is 10.6. The molecule has 32 heavy (non-hydrogen) atoms. The Kier molecular flexibility index (Phi) is 8.14. The van der Waals surface area contributed by atoms with Gasteiger partial charge in [0.1, 0.15) is 5.82 Å². The molecule has 1 saturated heterocycles. The molecular formula is C23H27ClFN3O3S. The van der Waals surface area contributed by atoms with Crippen molar-refractivity contribution < 1.29 is 19.1 Å². The van der Waals surface area contributed by atoms with Gasteiger partial charge >= 0.3 is 5.97 Å². The number of hydrogen-bond donors (Lipinski definition) is 2. The van der Waals surface area contributed by atoms with E-state index in [9.17, 15) is 14.0 Å². The van der Waals surface area contributed by atoms with Gasteiger partial charge in [-0.25, -0.2) is 4.39 Å². The number of carboxylic acids is 1. The van der Waals surface area contributed by atoms with Crippen LogP contribution in [0.4, 0.5) is 4.39 Å². The first kappa shape index (κ1) is 24.5. The highest BCUT2D eigenvalue weighted by atomic mass is 35.5. The van der Waals surface area contributed by atoms with Crippen LogP contribution in [0.1, 0.15) is 43.0 Å². The number of Topliss-reactive ketones (excluding diaryl/α,β-unsaturated/α-hetero) is 1. The number of rotatable bonds is 8. The number of carbonyl (C=O) groups excluding carboxylic acids is 1. The van der Waals surface area contributed by atoms with Crippen LogP contribution in [0.25, 0.3) is 6.08 Å². The molecule has 1 aliphatic carbocycles. The summed E-state index contributed by atoms with van der Waals surface area (Å²) in [5.41, 5.74) is 2.18. The molecule has 1 saturated carbocycles. The summed E-state index contributed by atoms with van der Waals surface area (Å²) in [6.07, 6.45) is 6.21. The maximum atomic E-state index is 14.6. The smallest absolute Gasteiger partial charge is 0.305 e. The van der Waals surface area contributed by atoms with Crippen molar-refractivity contribution >= 4 is 42.9 Å². The van der Waals surface area contributed by atoms with E-state index in [-0.39, 0.29) is 41.6 Å². The number of aryl methyl sites for hydroxylation is 1. The standard InChI is InChI=1S/C23H26FN3O3S.ClH/c24-19-4-2-1-3-18(19)22(23(30)15-5-6-15)26-10-8-20(31)16(14-26)13-17-7-11-27(25-17)12-9-21(28)29;/h1-4,7,11,13,15,20,22,31H,5-6,8-10,12,14H2,(H,28,29);1H/t20-,22?;/m1./s1. The quantitative estimate of drug-likeness (QED) is 0.559. The van der Waals surface area contributed by atoms with Crippen molar-refractivity contribution in [2.75, 3.05) is 13.1 Å². The minimum Gasteiger partial charge on any atom is -0.481 e. The van der Waals surface area contributed by atoms with Crippen LogP contribution in [0.5, 0.6) is 0 Å². The summed E-state index contributed by atoms with van der Waals surface area (Å²) >= 11 is 4.72. The number of ketones is 1. The average molecular weight is 480 g/mol. The fourth-order valence-electron chi connectivity index (χ4n) is 4.05. The molecule has 2 heterocycles. The van der Waals surface area contributed by atoms with E-state index in [1.165, 1.54) is 6.07 Å². The highest BCUT2D eigenvalue weighted by molar-refractivity contribution is 7.81. The molecule has 0 bridgehead atoms. The number of likely N-dealkylation sites (tertiary alicyclic amines) is 1. The number of aromatic nitrogens is 2. The van der Waals surface area contributed by atoms with Crippen LogP contribution in [0.2, 0.25) is 0 Å². The SMILES string of the molecule is Cl.O=C(O)CCn1ccc(C=C2CN(C(C(=O)C3CC3)c3ccccc3F)CC[C@H]2S)n1. The van der Waals surface area contributed by atoms with E-state index in [0.29, 0.717) is 25.2 Å². The van der Waals surface area contributed by atoms with Gasteiger partial charge in [-0.15, -0.1) is 12.4 Å². The minimum absolute atomic E-state index is 0. The van der Waals surface area contributed by atoms with Gasteiger partial charge in [-0.1, -0.05) is 18.2 Å². The largest absolute Gasteiger partial charge is 0.481 e. The van der Waals surface area contributed by atoms with E-state index < -0.39 is 12.0 Å². The van der Waals surface area contributed by atoms with Crippen LogP contribution in [-0.4, -0.2) is 49.9 Å². The van der Waals surface area contributed by atoms with Gasteiger partial charge in [0.25, 0.3) is 0 Å². The normalized spacial score (nSPS) is 21.2. The molecule has 2 aromatic rings. The van der Waals surface area contributed by atoms with E-state index in [1.54, 1.807) is 29.1 Å². The Morgan fingerprint density at radius 3 is 2.69 bits per heavy atom. The number of piperidine rings is 1. The molecule has 1 unspecified atom stereocenters. The second-order valence-corrected chi connectivity index (χ2v) is 8.87. The van der Waals surface area contributed by atoms with Gasteiger partial charge in [0, 0.05) is 36.0 Å². The van der Waals surface area contributed by atoms with Crippen LogP contribution < -0.4 is 0 Å². The van der Waals surface area contributed by atoms with Gasteiger partial charge in [0.2, 0.25) is 0 Å². The van der Waals surface area contributed by atoms with Crippen molar-refractivity contribution in [3.8, 4) is 0 Å². The number of carbonyl (C=O) groups is 2. The predicted octanol–water partition coefficient (Wildman–Crippen LogP) is 4.03. The Labute approximate surface area is 198 Å². The Balaban J connectivity index is 0.00000289. The summed E-state index contributed by atoms with van der Waals surface area (Å²) in [5, 5.41) is 13.3. The third kappa shape index (κ3) is 5.79. The molecule has 9 heteroatoms. The molecular weight excluding hydrogens is 453 g/mol. The fraction of sp³-hybridized carbons (Fsp3) is 0.435. The van der Waals surface area contributed by atoms with E-state index >= 15 is 0 Å². The average Bonchev–Trinajstić information content (AvgIpc) is 3.50. The van der Waals surface area contributed by atoms with Crippen molar-refractivity contribution in [1.29, 1.82) is 0 Å². The Morgan fingerprint density at radius 2 is 2.00 bits per heavy atom.